The average molecular weight is 359 g/mol. The van der Waals surface area contributed by atoms with E-state index >= 15 is 0 Å². The Hall–Kier alpha value is -2.02. The molecule has 0 saturated carbocycles. The average Bonchev–Trinajstić information content (AvgIpc) is 3.01. The van der Waals surface area contributed by atoms with Gasteiger partial charge in [0.25, 0.3) is 0 Å². The fourth-order valence-corrected chi connectivity index (χ4v) is 5.58. The summed E-state index contributed by atoms with van der Waals surface area (Å²) in [6.07, 6.45) is 5.83. The van der Waals surface area contributed by atoms with Crippen molar-refractivity contribution in [1.82, 2.24) is 14.9 Å². The summed E-state index contributed by atoms with van der Waals surface area (Å²) in [7, 11) is -3.02. The Balaban J connectivity index is 1.41. The van der Waals surface area contributed by atoms with Crippen molar-refractivity contribution in [3.63, 3.8) is 0 Å². The number of rotatable bonds is 2. The van der Waals surface area contributed by atoms with Gasteiger partial charge in [-0.15, -0.1) is 0 Å². The lowest BCUT2D eigenvalue weighted by molar-refractivity contribution is -0.135. The molecule has 0 aliphatic carbocycles. The molecule has 4 heterocycles. The first-order valence-electron chi connectivity index (χ1n) is 8.72. The largest absolute Gasteiger partial charge is 0.342 e. The van der Waals surface area contributed by atoms with E-state index in [0.717, 1.165) is 29.4 Å². The number of amides is 1. The Labute approximate surface area is 147 Å². The van der Waals surface area contributed by atoms with Crippen molar-refractivity contribution in [2.45, 2.75) is 25.2 Å². The van der Waals surface area contributed by atoms with E-state index in [1.54, 1.807) is 6.20 Å². The van der Waals surface area contributed by atoms with Crippen molar-refractivity contribution in [2.24, 2.45) is 5.92 Å². The van der Waals surface area contributed by atoms with E-state index in [1.165, 1.54) is 0 Å². The third-order valence-electron chi connectivity index (χ3n) is 5.32. The summed E-state index contributed by atoms with van der Waals surface area (Å²) in [5.41, 5.74) is 1.98. The van der Waals surface area contributed by atoms with Gasteiger partial charge in [0.05, 0.1) is 22.9 Å². The second-order valence-corrected chi connectivity index (χ2v) is 9.23. The first-order chi connectivity index (χ1) is 12.0. The minimum Gasteiger partial charge on any atom is -0.342 e. The Morgan fingerprint density at radius 3 is 2.68 bits per heavy atom. The molecule has 2 aliphatic heterocycles. The molecule has 7 heteroatoms. The number of fused-ring (bicyclic) bond motifs is 1. The van der Waals surface area contributed by atoms with Gasteiger partial charge in [-0.05, 0) is 37.5 Å². The van der Waals surface area contributed by atoms with Gasteiger partial charge < -0.3 is 4.90 Å². The van der Waals surface area contributed by atoms with Crippen LogP contribution in [-0.2, 0) is 14.6 Å². The zero-order valence-corrected chi connectivity index (χ0v) is 14.8. The highest BCUT2D eigenvalue weighted by atomic mass is 32.2. The quantitative estimate of drug-likeness (QED) is 0.816. The Morgan fingerprint density at radius 2 is 1.96 bits per heavy atom. The van der Waals surface area contributed by atoms with Crippen molar-refractivity contribution < 1.29 is 13.2 Å². The second kappa shape index (κ2) is 6.37. The first kappa shape index (κ1) is 16.4. The summed E-state index contributed by atoms with van der Waals surface area (Å²) >= 11 is 0. The number of pyridine rings is 2. The molecule has 6 nitrogen and oxygen atoms in total. The maximum absolute atomic E-state index is 12.5. The fourth-order valence-electron chi connectivity index (χ4n) is 3.85. The maximum atomic E-state index is 12.5. The summed E-state index contributed by atoms with van der Waals surface area (Å²) in [6.45, 7) is 1.34. The van der Waals surface area contributed by atoms with Crippen molar-refractivity contribution >= 4 is 26.6 Å². The molecule has 0 unspecified atom stereocenters. The molecule has 0 radical (unpaired) electrons. The minimum atomic E-state index is -3.02. The maximum Gasteiger partial charge on any atom is 0.226 e. The van der Waals surface area contributed by atoms with Gasteiger partial charge in [0.1, 0.15) is 0 Å². The van der Waals surface area contributed by atoms with Crippen LogP contribution in [0.1, 0.15) is 30.9 Å². The van der Waals surface area contributed by atoms with Crippen LogP contribution < -0.4 is 0 Å². The van der Waals surface area contributed by atoms with E-state index in [1.807, 2.05) is 29.3 Å². The van der Waals surface area contributed by atoms with Crippen LogP contribution in [-0.4, -0.2) is 53.8 Å². The zero-order valence-electron chi connectivity index (χ0n) is 14.0. The van der Waals surface area contributed by atoms with Gasteiger partial charge in [-0.1, -0.05) is 0 Å². The Kier molecular flexibility index (Phi) is 4.19. The molecule has 1 amide bonds. The topological polar surface area (TPSA) is 80.2 Å². The van der Waals surface area contributed by atoms with Crippen molar-refractivity contribution in [1.29, 1.82) is 0 Å². The summed E-state index contributed by atoms with van der Waals surface area (Å²) in [4.78, 5) is 23.3. The highest BCUT2D eigenvalue weighted by molar-refractivity contribution is 7.91. The van der Waals surface area contributed by atoms with E-state index in [9.17, 15) is 13.2 Å². The van der Waals surface area contributed by atoms with E-state index in [2.05, 4.69) is 9.97 Å². The van der Waals surface area contributed by atoms with E-state index in [-0.39, 0.29) is 23.3 Å². The van der Waals surface area contributed by atoms with Crippen LogP contribution in [0, 0.1) is 5.92 Å². The number of aromatic nitrogens is 2. The Bertz CT molecular complexity index is 905. The molecule has 132 valence electrons. The summed E-state index contributed by atoms with van der Waals surface area (Å²) in [5.74, 6) is 0.150. The number of sulfone groups is 1. The molecule has 2 fully saturated rings. The molecule has 0 bridgehead atoms. The molecule has 2 aromatic heterocycles. The fraction of sp³-hybridized carbons (Fsp3) is 0.500. The van der Waals surface area contributed by atoms with E-state index < -0.39 is 9.84 Å². The minimum absolute atomic E-state index is 0.00709. The van der Waals surface area contributed by atoms with E-state index in [4.69, 9.17) is 0 Å². The number of hydrogen-bond acceptors (Lipinski definition) is 5. The molecule has 2 aliphatic rings. The third kappa shape index (κ3) is 3.38. The van der Waals surface area contributed by atoms with Crippen LogP contribution in [0.25, 0.3) is 10.9 Å². The molecule has 0 aromatic carbocycles. The molecular weight excluding hydrogens is 338 g/mol. The van der Waals surface area contributed by atoms with Gasteiger partial charge in [-0.3, -0.25) is 14.8 Å². The molecule has 25 heavy (non-hydrogen) atoms. The van der Waals surface area contributed by atoms with Gasteiger partial charge in [0.15, 0.2) is 9.84 Å². The Morgan fingerprint density at radius 1 is 1.16 bits per heavy atom. The number of carbonyl (C=O) groups excluding carboxylic acids is 1. The smallest absolute Gasteiger partial charge is 0.226 e. The highest BCUT2D eigenvalue weighted by Gasteiger charge is 2.36. The van der Waals surface area contributed by atoms with Crippen LogP contribution in [0.15, 0.2) is 30.6 Å². The normalized spacial score (nSPS) is 23.8. The molecule has 4 rings (SSSR count). The van der Waals surface area contributed by atoms with Crippen LogP contribution in [0.5, 0.6) is 0 Å². The van der Waals surface area contributed by atoms with E-state index in [0.29, 0.717) is 25.4 Å². The zero-order chi connectivity index (χ0) is 17.4. The van der Waals surface area contributed by atoms with Crippen LogP contribution >= 0.6 is 0 Å². The molecular formula is C18H21N3O3S. The number of likely N-dealkylation sites (tertiary alicyclic amines) is 1. The number of piperidine rings is 1. The highest BCUT2D eigenvalue weighted by Crippen LogP contribution is 2.30. The predicted molar refractivity (Wildman–Crippen MR) is 94.9 cm³/mol. The van der Waals surface area contributed by atoms with Gasteiger partial charge in [0.2, 0.25) is 5.91 Å². The molecule has 2 saturated heterocycles. The number of nitrogens with zero attached hydrogens (tertiary/aromatic N) is 3. The molecule has 0 N–H and O–H groups in total. The van der Waals surface area contributed by atoms with Crippen molar-refractivity contribution in [3.05, 3.63) is 36.3 Å². The summed E-state index contributed by atoms with van der Waals surface area (Å²) < 4.78 is 23.2. The molecule has 0 spiro atoms. The molecule has 2 aromatic rings. The van der Waals surface area contributed by atoms with Crippen molar-refractivity contribution in [3.8, 4) is 0 Å². The third-order valence-corrected chi connectivity index (χ3v) is 7.08. The number of hydrogen-bond donors (Lipinski definition) is 0. The lowest BCUT2D eigenvalue weighted by Gasteiger charge is -2.33. The lowest BCUT2D eigenvalue weighted by atomic mass is 9.92. The van der Waals surface area contributed by atoms with Crippen LogP contribution in [0.3, 0.4) is 0 Å². The lowest BCUT2D eigenvalue weighted by Crippen LogP contribution is -2.41. The predicted octanol–water partition coefficient (Wildman–Crippen LogP) is 1.77. The van der Waals surface area contributed by atoms with Gasteiger partial charge in [-0.2, -0.15) is 0 Å². The standard InChI is InChI=1S/C18H21N3O3S/c22-18(15-5-9-25(23,24)12-15)21-7-3-13(4-8-21)16-10-17-14(11-20-16)2-1-6-19-17/h1-2,6,10-11,13,15H,3-5,7-9,12H2/t15-/m1/s1. The first-order valence-corrected chi connectivity index (χ1v) is 10.5. The van der Waals surface area contributed by atoms with Crippen LogP contribution in [0.2, 0.25) is 0 Å². The number of carbonyl (C=O) groups is 1. The van der Waals surface area contributed by atoms with Crippen molar-refractivity contribution in [2.75, 3.05) is 24.6 Å². The van der Waals surface area contributed by atoms with Gasteiger partial charge in [-0.25, -0.2) is 8.42 Å². The second-order valence-electron chi connectivity index (χ2n) is 7.00. The summed E-state index contributed by atoms with van der Waals surface area (Å²) in [5, 5.41) is 1.03. The van der Waals surface area contributed by atoms with Crippen LogP contribution in [0.4, 0.5) is 0 Å². The van der Waals surface area contributed by atoms with Gasteiger partial charge >= 0.3 is 0 Å². The SMILES string of the molecule is O=C([C@@H]1CCS(=O)(=O)C1)N1CCC(c2cc3ncccc3cn2)CC1. The monoisotopic (exact) mass is 359 g/mol. The van der Waals surface area contributed by atoms with Gasteiger partial charge in [0, 0.05) is 42.5 Å². The molecule has 1 atom stereocenters. The summed E-state index contributed by atoms with van der Waals surface area (Å²) in [6, 6.07) is 5.94.